The van der Waals surface area contributed by atoms with Gasteiger partial charge in [-0.3, -0.25) is 0 Å². The van der Waals surface area contributed by atoms with E-state index >= 15 is 0 Å². The van der Waals surface area contributed by atoms with E-state index in [9.17, 15) is 5.11 Å². The molecule has 1 atom stereocenters. The molecule has 1 heterocycles. The molecule has 0 fully saturated rings. The summed E-state index contributed by atoms with van der Waals surface area (Å²) in [5.41, 5.74) is 6.10. The number of hydrogen-bond donors (Lipinski definition) is 2. The first-order valence-electron chi connectivity index (χ1n) is 5.29. The summed E-state index contributed by atoms with van der Waals surface area (Å²) >= 11 is 9.22. The van der Waals surface area contributed by atoms with Crippen molar-refractivity contribution in [2.24, 2.45) is 5.73 Å². The summed E-state index contributed by atoms with van der Waals surface area (Å²) in [6.45, 7) is 0.353. The number of aliphatic hydroxyl groups is 1. The van der Waals surface area contributed by atoms with Gasteiger partial charge in [-0.1, -0.05) is 16.8 Å². The standard InChI is InChI=1S/C11H11BrClN3O2/c12-7-5-6(1-2-8(7)13)10-15-11(18-16-10)9(17)3-4-14/h1-2,5,9,17H,3-4,14H2. The summed E-state index contributed by atoms with van der Waals surface area (Å²) in [7, 11) is 0. The predicted molar refractivity (Wildman–Crippen MR) is 71.1 cm³/mol. The molecule has 0 aliphatic rings. The van der Waals surface area contributed by atoms with Crippen molar-refractivity contribution in [3.63, 3.8) is 0 Å². The van der Waals surface area contributed by atoms with E-state index < -0.39 is 6.10 Å². The monoisotopic (exact) mass is 331 g/mol. The number of aliphatic hydroxyl groups excluding tert-OH is 1. The van der Waals surface area contributed by atoms with Crippen LogP contribution in [0.2, 0.25) is 5.02 Å². The fraction of sp³-hybridized carbons (Fsp3) is 0.273. The zero-order valence-corrected chi connectivity index (χ0v) is 11.6. The average molecular weight is 333 g/mol. The topological polar surface area (TPSA) is 85.2 Å². The van der Waals surface area contributed by atoms with Gasteiger partial charge >= 0.3 is 0 Å². The van der Waals surface area contributed by atoms with Gasteiger partial charge in [-0.25, -0.2) is 0 Å². The Hall–Kier alpha value is -0.950. The second-order valence-corrected chi connectivity index (χ2v) is 4.94. The number of benzene rings is 1. The van der Waals surface area contributed by atoms with Crippen molar-refractivity contribution < 1.29 is 9.63 Å². The van der Waals surface area contributed by atoms with Crippen LogP contribution in [0, 0.1) is 0 Å². The molecular formula is C11H11BrClN3O2. The maximum absolute atomic E-state index is 9.67. The van der Waals surface area contributed by atoms with Crippen molar-refractivity contribution in [2.45, 2.75) is 12.5 Å². The summed E-state index contributed by atoms with van der Waals surface area (Å²) in [6.07, 6.45) is -0.446. The van der Waals surface area contributed by atoms with Crippen molar-refractivity contribution >= 4 is 27.5 Å². The third-order valence-electron chi connectivity index (χ3n) is 2.34. The molecule has 7 heteroatoms. The molecular weight excluding hydrogens is 321 g/mol. The molecule has 2 rings (SSSR count). The molecule has 96 valence electrons. The molecule has 0 bridgehead atoms. The minimum atomic E-state index is -0.827. The second kappa shape index (κ2) is 5.79. The highest BCUT2D eigenvalue weighted by Gasteiger charge is 2.16. The molecule has 0 aliphatic carbocycles. The zero-order valence-electron chi connectivity index (χ0n) is 9.31. The predicted octanol–water partition coefficient (Wildman–Crippen LogP) is 2.53. The first-order valence-corrected chi connectivity index (χ1v) is 6.46. The van der Waals surface area contributed by atoms with Gasteiger partial charge in [0.2, 0.25) is 5.82 Å². The Morgan fingerprint density at radius 3 is 2.94 bits per heavy atom. The van der Waals surface area contributed by atoms with Gasteiger partial charge in [-0.15, -0.1) is 0 Å². The van der Waals surface area contributed by atoms with Gasteiger partial charge in [-0.05, 0) is 47.1 Å². The first-order chi connectivity index (χ1) is 8.61. The van der Waals surface area contributed by atoms with Crippen LogP contribution in [0.15, 0.2) is 27.2 Å². The molecule has 0 radical (unpaired) electrons. The molecule has 3 N–H and O–H groups in total. The Balaban J connectivity index is 2.26. The smallest absolute Gasteiger partial charge is 0.255 e. The van der Waals surface area contributed by atoms with Crippen LogP contribution >= 0.6 is 27.5 Å². The van der Waals surface area contributed by atoms with Crippen LogP contribution in [-0.4, -0.2) is 21.8 Å². The first kappa shape index (κ1) is 13.5. The Bertz CT molecular complexity index is 547. The van der Waals surface area contributed by atoms with Gasteiger partial charge < -0.3 is 15.4 Å². The van der Waals surface area contributed by atoms with E-state index in [4.69, 9.17) is 21.9 Å². The molecule has 0 spiro atoms. The van der Waals surface area contributed by atoms with Gasteiger partial charge in [0.1, 0.15) is 6.10 Å². The van der Waals surface area contributed by atoms with E-state index in [0.29, 0.717) is 23.8 Å². The quantitative estimate of drug-likeness (QED) is 0.898. The molecule has 5 nitrogen and oxygen atoms in total. The molecule has 0 saturated heterocycles. The molecule has 1 aromatic heterocycles. The second-order valence-electron chi connectivity index (χ2n) is 3.68. The molecule has 1 unspecified atom stereocenters. The largest absolute Gasteiger partial charge is 0.383 e. The van der Waals surface area contributed by atoms with Crippen LogP contribution in [0.25, 0.3) is 11.4 Å². The van der Waals surface area contributed by atoms with Gasteiger partial charge in [0.05, 0.1) is 5.02 Å². The zero-order chi connectivity index (χ0) is 13.1. The van der Waals surface area contributed by atoms with Gasteiger partial charge in [-0.2, -0.15) is 4.98 Å². The minimum Gasteiger partial charge on any atom is -0.383 e. The Kier molecular flexibility index (Phi) is 4.34. The van der Waals surface area contributed by atoms with Gasteiger partial charge in [0.25, 0.3) is 5.89 Å². The summed E-state index contributed by atoms with van der Waals surface area (Å²) in [5, 5.41) is 14.1. The maximum Gasteiger partial charge on any atom is 0.255 e. The molecule has 0 aliphatic heterocycles. The van der Waals surface area contributed by atoms with E-state index in [1.54, 1.807) is 18.2 Å². The van der Waals surface area contributed by atoms with E-state index in [1.807, 2.05) is 0 Å². The van der Waals surface area contributed by atoms with Crippen molar-refractivity contribution in [2.75, 3.05) is 6.54 Å². The van der Waals surface area contributed by atoms with E-state index in [-0.39, 0.29) is 5.89 Å². The summed E-state index contributed by atoms with van der Waals surface area (Å²) in [5.74, 6) is 0.569. The van der Waals surface area contributed by atoms with Gasteiger partial charge in [0, 0.05) is 10.0 Å². The highest BCUT2D eigenvalue weighted by molar-refractivity contribution is 9.10. The summed E-state index contributed by atoms with van der Waals surface area (Å²) < 4.78 is 5.73. The third kappa shape index (κ3) is 2.89. The van der Waals surface area contributed by atoms with Crippen LogP contribution in [-0.2, 0) is 0 Å². The fourth-order valence-electron chi connectivity index (χ4n) is 1.40. The van der Waals surface area contributed by atoms with Crippen LogP contribution < -0.4 is 5.73 Å². The van der Waals surface area contributed by atoms with E-state index in [0.717, 1.165) is 10.0 Å². The lowest BCUT2D eigenvalue weighted by atomic mass is 10.2. The molecule has 2 aromatic rings. The average Bonchev–Trinajstić information content (AvgIpc) is 2.82. The highest BCUT2D eigenvalue weighted by Crippen LogP contribution is 2.28. The number of nitrogens with two attached hydrogens (primary N) is 1. The van der Waals surface area contributed by atoms with Gasteiger partial charge in [0.15, 0.2) is 0 Å². The van der Waals surface area contributed by atoms with Crippen LogP contribution in [0.1, 0.15) is 18.4 Å². The fourth-order valence-corrected chi connectivity index (χ4v) is 1.90. The third-order valence-corrected chi connectivity index (χ3v) is 3.56. The lowest BCUT2D eigenvalue weighted by Crippen LogP contribution is -2.06. The van der Waals surface area contributed by atoms with Crippen LogP contribution in [0.4, 0.5) is 0 Å². The Labute approximate surface area is 117 Å². The van der Waals surface area contributed by atoms with Crippen LogP contribution in [0.3, 0.4) is 0 Å². The van der Waals surface area contributed by atoms with Crippen molar-refractivity contribution in [1.82, 2.24) is 10.1 Å². The normalized spacial score (nSPS) is 12.7. The molecule has 18 heavy (non-hydrogen) atoms. The lowest BCUT2D eigenvalue weighted by molar-refractivity contribution is 0.127. The molecule has 0 amide bonds. The molecule has 0 saturated carbocycles. The summed E-state index contributed by atoms with van der Waals surface area (Å²) in [6, 6.07) is 5.29. The van der Waals surface area contributed by atoms with E-state index in [1.165, 1.54) is 0 Å². The minimum absolute atomic E-state index is 0.168. The van der Waals surface area contributed by atoms with Crippen molar-refractivity contribution in [3.8, 4) is 11.4 Å². The number of halogens is 2. The number of hydrogen-bond acceptors (Lipinski definition) is 5. The van der Waals surface area contributed by atoms with Crippen molar-refractivity contribution in [3.05, 3.63) is 33.6 Å². The summed E-state index contributed by atoms with van der Waals surface area (Å²) in [4.78, 5) is 4.12. The number of aromatic nitrogens is 2. The Morgan fingerprint density at radius 2 is 2.28 bits per heavy atom. The highest BCUT2D eigenvalue weighted by atomic mass is 79.9. The van der Waals surface area contributed by atoms with E-state index in [2.05, 4.69) is 26.1 Å². The number of rotatable bonds is 4. The van der Waals surface area contributed by atoms with Crippen LogP contribution in [0.5, 0.6) is 0 Å². The SMILES string of the molecule is NCCC(O)c1nc(-c2ccc(Cl)c(Br)c2)no1. The Morgan fingerprint density at radius 1 is 1.50 bits per heavy atom. The molecule has 1 aromatic carbocycles. The lowest BCUT2D eigenvalue weighted by Gasteiger charge is -2.01. The number of nitrogens with zero attached hydrogens (tertiary/aromatic N) is 2. The van der Waals surface area contributed by atoms with Crippen molar-refractivity contribution in [1.29, 1.82) is 0 Å². The maximum atomic E-state index is 9.67.